The maximum atomic E-state index is 13.4. The Hall–Kier alpha value is -2.50. The van der Waals surface area contributed by atoms with Crippen molar-refractivity contribution < 1.29 is 8.42 Å². The van der Waals surface area contributed by atoms with Gasteiger partial charge < -0.3 is 0 Å². The highest BCUT2D eigenvalue weighted by molar-refractivity contribution is 7.89. The third-order valence-electron chi connectivity index (χ3n) is 4.87. The number of hydrogen-bond donors (Lipinski definition) is 0. The summed E-state index contributed by atoms with van der Waals surface area (Å²) in [4.78, 5) is 4.54. The number of pyridine rings is 1. The molecule has 0 fully saturated rings. The van der Waals surface area contributed by atoms with Crippen LogP contribution >= 0.6 is 0 Å². The smallest absolute Gasteiger partial charge is 0.243 e. The van der Waals surface area contributed by atoms with E-state index in [-0.39, 0.29) is 6.04 Å². The van der Waals surface area contributed by atoms with Gasteiger partial charge in [0.15, 0.2) is 0 Å². The minimum Gasteiger partial charge on any atom is -0.264 e. The molecular weight excluding hydrogens is 344 g/mol. The van der Waals surface area contributed by atoms with Gasteiger partial charge in [0.25, 0.3) is 0 Å². The van der Waals surface area contributed by atoms with Crippen molar-refractivity contribution in [3.8, 4) is 0 Å². The summed E-state index contributed by atoms with van der Waals surface area (Å²) in [6.45, 7) is 2.40. The van der Waals surface area contributed by atoms with Gasteiger partial charge in [0.05, 0.1) is 10.9 Å². The van der Waals surface area contributed by atoms with Crippen LogP contribution in [0.15, 0.2) is 78.0 Å². The molecule has 26 heavy (non-hydrogen) atoms. The van der Waals surface area contributed by atoms with E-state index in [0.29, 0.717) is 17.9 Å². The quantitative estimate of drug-likeness (QED) is 0.712. The summed E-state index contributed by atoms with van der Waals surface area (Å²) in [6, 6.07) is 18.5. The minimum absolute atomic E-state index is 0.330. The van der Waals surface area contributed by atoms with Gasteiger partial charge in [-0.05, 0) is 48.2 Å². The molecule has 132 valence electrons. The molecule has 0 saturated heterocycles. The van der Waals surface area contributed by atoms with Gasteiger partial charge in [-0.15, -0.1) is 0 Å². The van der Waals surface area contributed by atoms with E-state index in [1.807, 2.05) is 49.4 Å². The number of aromatic nitrogens is 1. The van der Waals surface area contributed by atoms with Crippen LogP contribution in [-0.2, 0) is 16.4 Å². The van der Waals surface area contributed by atoms with Crippen molar-refractivity contribution in [1.29, 1.82) is 0 Å². The van der Waals surface area contributed by atoms with E-state index in [2.05, 4.69) is 11.1 Å². The summed E-state index contributed by atoms with van der Waals surface area (Å²) in [5, 5.41) is 0. The predicted molar refractivity (Wildman–Crippen MR) is 101 cm³/mol. The Morgan fingerprint density at radius 3 is 2.50 bits per heavy atom. The third-order valence-corrected chi connectivity index (χ3v) is 6.75. The van der Waals surface area contributed by atoms with E-state index >= 15 is 0 Å². The minimum atomic E-state index is -3.61. The lowest BCUT2D eigenvalue weighted by Gasteiger charge is -2.36. The van der Waals surface area contributed by atoms with Crippen LogP contribution in [0.3, 0.4) is 0 Å². The Morgan fingerprint density at radius 1 is 1.00 bits per heavy atom. The van der Waals surface area contributed by atoms with Crippen molar-refractivity contribution in [3.05, 3.63) is 95.3 Å². The lowest BCUT2D eigenvalue weighted by molar-refractivity contribution is 0.343. The van der Waals surface area contributed by atoms with Crippen molar-refractivity contribution in [2.45, 2.75) is 24.3 Å². The molecule has 1 aliphatic heterocycles. The molecule has 0 N–H and O–H groups in total. The summed E-state index contributed by atoms with van der Waals surface area (Å²) < 4.78 is 28.4. The van der Waals surface area contributed by atoms with E-state index in [9.17, 15) is 8.42 Å². The molecule has 0 amide bonds. The molecular formula is C21H20N2O2S. The van der Waals surface area contributed by atoms with Crippen molar-refractivity contribution in [2.75, 3.05) is 6.54 Å². The van der Waals surface area contributed by atoms with Gasteiger partial charge in [0.1, 0.15) is 0 Å². The molecule has 1 aliphatic rings. The third kappa shape index (κ3) is 2.93. The van der Waals surface area contributed by atoms with E-state index in [1.165, 1.54) is 5.56 Å². The first-order valence-corrected chi connectivity index (χ1v) is 10.1. The lowest BCUT2D eigenvalue weighted by Crippen LogP contribution is -2.40. The molecule has 0 radical (unpaired) electrons. The molecule has 1 unspecified atom stereocenters. The maximum absolute atomic E-state index is 13.4. The van der Waals surface area contributed by atoms with Gasteiger partial charge in [-0.2, -0.15) is 4.31 Å². The van der Waals surface area contributed by atoms with E-state index < -0.39 is 10.0 Å². The zero-order chi connectivity index (χ0) is 18.1. The standard InChI is InChI=1S/C21H20N2O2S/c1-16-8-10-19(11-9-16)26(24,25)23-14-12-17-5-2-3-7-20(17)21(23)18-6-4-13-22-15-18/h2-11,13,15,21H,12,14H2,1H3. The molecule has 2 aromatic carbocycles. The summed E-state index contributed by atoms with van der Waals surface area (Å²) in [6.07, 6.45) is 4.17. The molecule has 1 atom stereocenters. The predicted octanol–water partition coefficient (Wildman–Crippen LogP) is 3.73. The number of hydrogen-bond acceptors (Lipinski definition) is 3. The number of fused-ring (bicyclic) bond motifs is 1. The summed E-state index contributed by atoms with van der Waals surface area (Å²) in [7, 11) is -3.61. The van der Waals surface area contributed by atoms with Gasteiger partial charge in [-0.3, -0.25) is 4.98 Å². The van der Waals surface area contributed by atoms with E-state index in [0.717, 1.165) is 16.7 Å². The van der Waals surface area contributed by atoms with Gasteiger partial charge in [-0.25, -0.2) is 8.42 Å². The fraction of sp³-hybridized carbons (Fsp3) is 0.190. The SMILES string of the molecule is Cc1ccc(S(=O)(=O)N2CCc3ccccc3C2c2cccnc2)cc1. The summed E-state index contributed by atoms with van der Waals surface area (Å²) >= 11 is 0. The molecule has 5 heteroatoms. The second-order valence-corrected chi connectivity index (χ2v) is 8.46. The van der Waals surface area contributed by atoms with Crippen LogP contribution in [0, 0.1) is 6.92 Å². The van der Waals surface area contributed by atoms with Crippen molar-refractivity contribution in [2.24, 2.45) is 0 Å². The van der Waals surface area contributed by atoms with Crippen molar-refractivity contribution >= 4 is 10.0 Å². The molecule has 0 saturated carbocycles. The van der Waals surface area contributed by atoms with Gasteiger partial charge in [-0.1, -0.05) is 48.0 Å². The first-order valence-electron chi connectivity index (χ1n) is 8.63. The van der Waals surface area contributed by atoms with Gasteiger partial charge in [0.2, 0.25) is 10.0 Å². The molecule has 2 heterocycles. The Bertz CT molecular complexity index is 1020. The zero-order valence-corrected chi connectivity index (χ0v) is 15.4. The Labute approximate surface area is 154 Å². The second-order valence-electron chi connectivity index (χ2n) is 6.57. The number of sulfonamides is 1. The van der Waals surface area contributed by atoms with Crippen LogP contribution in [0.5, 0.6) is 0 Å². The number of nitrogens with zero attached hydrogens (tertiary/aromatic N) is 2. The highest BCUT2D eigenvalue weighted by atomic mass is 32.2. The average molecular weight is 364 g/mol. The van der Waals surface area contributed by atoms with E-state index in [1.54, 1.807) is 28.8 Å². The molecule has 3 aromatic rings. The molecule has 0 aliphatic carbocycles. The number of benzene rings is 2. The van der Waals surface area contributed by atoms with Crippen LogP contribution < -0.4 is 0 Å². The first-order chi connectivity index (χ1) is 12.6. The van der Waals surface area contributed by atoms with Crippen LogP contribution in [-0.4, -0.2) is 24.3 Å². The van der Waals surface area contributed by atoms with Crippen LogP contribution in [0.1, 0.15) is 28.3 Å². The van der Waals surface area contributed by atoms with Crippen molar-refractivity contribution in [3.63, 3.8) is 0 Å². The first kappa shape index (κ1) is 16.9. The molecule has 0 bridgehead atoms. The lowest BCUT2D eigenvalue weighted by atomic mass is 9.91. The fourth-order valence-electron chi connectivity index (χ4n) is 3.53. The van der Waals surface area contributed by atoms with Gasteiger partial charge in [0, 0.05) is 18.9 Å². The Morgan fingerprint density at radius 2 is 1.77 bits per heavy atom. The average Bonchev–Trinajstić information content (AvgIpc) is 2.68. The fourth-order valence-corrected chi connectivity index (χ4v) is 5.13. The monoisotopic (exact) mass is 364 g/mol. The number of rotatable bonds is 3. The highest BCUT2D eigenvalue weighted by Crippen LogP contribution is 2.38. The van der Waals surface area contributed by atoms with Crippen LogP contribution in [0.25, 0.3) is 0 Å². The molecule has 4 rings (SSSR count). The largest absolute Gasteiger partial charge is 0.264 e. The Balaban J connectivity index is 1.86. The maximum Gasteiger partial charge on any atom is 0.243 e. The van der Waals surface area contributed by atoms with Crippen molar-refractivity contribution in [1.82, 2.24) is 9.29 Å². The summed E-state index contributed by atoms with van der Waals surface area (Å²) in [5.41, 5.74) is 4.14. The summed E-state index contributed by atoms with van der Waals surface area (Å²) in [5.74, 6) is 0. The van der Waals surface area contributed by atoms with Crippen LogP contribution in [0.2, 0.25) is 0 Å². The van der Waals surface area contributed by atoms with Gasteiger partial charge >= 0.3 is 0 Å². The molecule has 4 nitrogen and oxygen atoms in total. The zero-order valence-electron chi connectivity index (χ0n) is 14.5. The normalized spacial score (nSPS) is 17.7. The highest BCUT2D eigenvalue weighted by Gasteiger charge is 2.37. The number of aryl methyl sites for hydroxylation is 1. The second kappa shape index (κ2) is 6.67. The van der Waals surface area contributed by atoms with Crippen LogP contribution in [0.4, 0.5) is 0 Å². The topological polar surface area (TPSA) is 50.3 Å². The molecule has 0 spiro atoms. The Kier molecular flexibility index (Phi) is 4.34. The molecule has 1 aromatic heterocycles. The van der Waals surface area contributed by atoms with E-state index in [4.69, 9.17) is 0 Å².